The fraction of sp³-hybridized carbons (Fsp3) is 0.909. The zero-order chi connectivity index (χ0) is 10.9. The SMILES string of the molecule is CCOC(=O)C1(N)CC2CCCC(C1)S2. The average Bonchev–Trinajstić information content (AvgIpc) is 2.17. The van der Waals surface area contributed by atoms with Crippen molar-refractivity contribution in [3.05, 3.63) is 0 Å². The number of hydrogen-bond acceptors (Lipinski definition) is 4. The molecule has 0 aromatic heterocycles. The highest BCUT2D eigenvalue weighted by atomic mass is 32.2. The molecule has 2 heterocycles. The van der Waals surface area contributed by atoms with Crippen LogP contribution >= 0.6 is 11.8 Å². The van der Waals surface area contributed by atoms with Crippen LogP contribution in [0.25, 0.3) is 0 Å². The molecule has 0 aromatic carbocycles. The molecule has 0 aromatic rings. The number of carbonyl (C=O) groups excluding carboxylic acids is 1. The zero-order valence-corrected chi connectivity index (χ0v) is 10.0. The van der Waals surface area contributed by atoms with E-state index in [1.165, 1.54) is 19.3 Å². The van der Waals surface area contributed by atoms with Gasteiger partial charge in [-0.25, -0.2) is 0 Å². The molecule has 2 N–H and O–H groups in total. The molecule has 3 nitrogen and oxygen atoms in total. The first kappa shape index (κ1) is 11.3. The molecule has 0 saturated carbocycles. The van der Waals surface area contributed by atoms with Gasteiger partial charge in [0.2, 0.25) is 0 Å². The summed E-state index contributed by atoms with van der Waals surface area (Å²) < 4.78 is 5.08. The van der Waals surface area contributed by atoms with Gasteiger partial charge in [-0.1, -0.05) is 6.42 Å². The van der Waals surface area contributed by atoms with Gasteiger partial charge in [-0.05, 0) is 32.6 Å². The van der Waals surface area contributed by atoms with Gasteiger partial charge in [0, 0.05) is 10.5 Å². The smallest absolute Gasteiger partial charge is 0.326 e. The third-order valence-electron chi connectivity index (χ3n) is 3.30. The van der Waals surface area contributed by atoms with Crippen molar-refractivity contribution >= 4 is 17.7 Å². The monoisotopic (exact) mass is 229 g/mol. The Kier molecular flexibility index (Phi) is 3.26. The summed E-state index contributed by atoms with van der Waals surface area (Å²) in [6.07, 6.45) is 5.31. The predicted octanol–water partition coefficient (Wildman–Crippen LogP) is 1.70. The maximum atomic E-state index is 11.8. The first-order chi connectivity index (χ1) is 7.14. The summed E-state index contributed by atoms with van der Waals surface area (Å²) in [4.78, 5) is 11.8. The second-order valence-corrected chi connectivity index (χ2v) is 6.20. The van der Waals surface area contributed by atoms with Crippen LogP contribution in [0, 0.1) is 0 Å². The Morgan fingerprint density at radius 3 is 2.60 bits per heavy atom. The molecule has 0 spiro atoms. The lowest BCUT2D eigenvalue weighted by Gasteiger charge is -2.42. The fourth-order valence-electron chi connectivity index (χ4n) is 2.62. The number of nitrogens with two attached hydrogens (primary N) is 1. The molecule has 2 saturated heterocycles. The number of esters is 1. The van der Waals surface area contributed by atoms with Gasteiger partial charge in [0.25, 0.3) is 0 Å². The van der Waals surface area contributed by atoms with Crippen molar-refractivity contribution in [2.45, 2.75) is 55.1 Å². The first-order valence-corrected chi connectivity index (χ1v) is 6.70. The van der Waals surface area contributed by atoms with Crippen LogP contribution in [0.2, 0.25) is 0 Å². The molecule has 15 heavy (non-hydrogen) atoms. The van der Waals surface area contributed by atoms with E-state index < -0.39 is 5.54 Å². The van der Waals surface area contributed by atoms with E-state index in [0.717, 1.165) is 12.8 Å². The van der Waals surface area contributed by atoms with Gasteiger partial charge in [0.15, 0.2) is 0 Å². The predicted molar refractivity (Wildman–Crippen MR) is 61.8 cm³/mol. The maximum Gasteiger partial charge on any atom is 0.326 e. The average molecular weight is 229 g/mol. The molecule has 4 heteroatoms. The van der Waals surface area contributed by atoms with E-state index in [2.05, 4.69) is 0 Å². The van der Waals surface area contributed by atoms with E-state index in [1.54, 1.807) is 0 Å². The highest BCUT2D eigenvalue weighted by molar-refractivity contribution is 8.00. The van der Waals surface area contributed by atoms with Crippen molar-refractivity contribution in [3.8, 4) is 0 Å². The lowest BCUT2D eigenvalue weighted by atomic mass is 9.83. The first-order valence-electron chi connectivity index (χ1n) is 5.75. The van der Waals surface area contributed by atoms with Crippen molar-refractivity contribution < 1.29 is 9.53 Å². The van der Waals surface area contributed by atoms with Crippen LogP contribution in [0.15, 0.2) is 0 Å². The molecule has 2 fully saturated rings. The summed E-state index contributed by atoms with van der Waals surface area (Å²) in [5.41, 5.74) is 5.49. The molecule has 86 valence electrons. The minimum atomic E-state index is -0.697. The Morgan fingerprint density at radius 1 is 1.47 bits per heavy atom. The Bertz CT molecular complexity index is 245. The Labute approximate surface area is 95.1 Å². The van der Waals surface area contributed by atoms with Gasteiger partial charge >= 0.3 is 5.97 Å². The second kappa shape index (κ2) is 4.34. The lowest BCUT2D eigenvalue weighted by molar-refractivity contribution is -0.150. The van der Waals surface area contributed by atoms with Gasteiger partial charge < -0.3 is 10.5 Å². The van der Waals surface area contributed by atoms with Crippen LogP contribution in [-0.2, 0) is 9.53 Å². The van der Waals surface area contributed by atoms with Crippen molar-refractivity contribution in [1.29, 1.82) is 0 Å². The van der Waals surface area contributed by atoms with Crippen LogP contribution < -0.4 is 5.73 Å². The summed E-state index contributed by atoms with van der Waals surface area (Å²) in [6.45, 7) is 2.26. The van der Waals surface area contributed by atoms with Crippen molar-refractivity contribution in [1.82, 2.24) is 0 Å². The van der Waals surface area contributed by atoms with E-state index in [9.17, 15) is 4.79 Å². The Balaban J connectivity index is 2.05. The summed E-state index contributed by atoms with van der Waals surface area (Å²) in [5, 5.41) is 1.15. The van der Waals surface area contributed by atoms with Crippen molar-refractivity contribution in [3.63, 3.8) is 0 Å². The normalized spacial score (nSPS) is 39.9. The quantitative estimate of drug-likeness (QED) is 0.732. The molecule has 2 aliphatic heterocycles. The number of rotatable bonds is 2. The summed E-state index contributed by atoms with van der Waals surface area (Å²) in [7, 11) is 0. The van der Waals surface area contributed by atoms with Crippen molar-refractivity contribution in [2.75, 3.05) is 6.61 Å². The van der Waals surface area contributed by atoms with E-state index in [-0.39, 0.29) is 5.97 Å². The highest BCUT2D eigenvalue weighted by Gasteiger charge is 2.45. The Hall–Kier alpha value is -0.220. The second-order valence-electron chi connectivity index (χ2n) is 4.60. The summed E-state index contributed by atoms with van der Waals surface area (Å²) in [6, 6.07) is 0. The summed E-state index contributed by atoms with van der Waals surface area (Å²) >= 11 is 2.02. The third kappa shape index (κ3) is 2.31. The van der Waals surface area contributed by atoms with E-state index in [4.69, 9.17) is 10.5 Å². The fourth-order valence-corrected chi connectivity index (χ4v) is 4.56. The molecule has 2 unspecified atom stereocenters. The van der Waals surface area contributed by atoms with Crippen LogP contribution in [0.1, 0.15) is 39.0 Å². The number of ether oxygens (including phenoxy) is 1. The van der Waals surface area contributed by atoms with Gasteiger partial charge in [0.1, 0.15) is 5.54 Å². The molecule has 0 aliphatic carbocycles. The topological polar surface area (TPSA) is 52.3 Å². The largest absolute Gasteiger partial charge is 0.465 e. The number of fused-ring (bicyclic) bond motifs is 2. The third-order valence-corrected chi connectivity index (χ3v) is 4.88. The number of hydrogen-bond donors (Lipinski definition) is 1. The van der Waals surface area contributed by atoms with Crippen LogP contribution in [0.3, 0.4) is 0 Å². The van der Waals surface area contributed by atoms with Crippen molar-refractivity contribution in [2.24, 2.45) is 5.73 Å². The number of carbonyl (C=O) groups is 1. The molecule has 2 rings (SSSR count). The molecule has 2 bridgehead atoms. The molecular weight excluding hydrogens is 210 g/mol. The van der Waals surface area contributed by atoms with Crippen LogP contribution in [-0.4, -0.2) is 28.6 Å². The Morgan fingerprint density at radius 2 is 2.07 bits per heavy atom. The molecular formula is C11H19NO2S. The van der Waals surface area contributed by atoms with Gasteiger partial charge in [0.05, 0.1) is 6.61 Å². The van der Waals surface area contributed by atoms with Gasteiger partial charge in [-0.3, -0.25) is 4.79 Å². The molecule has 0 radical (unpaired) electrons. The number of thioether (sulfide) groups is 1. The highest BCUT2D eigenvalue weighted by Crippen LogP contribution is 2.44. The zero-order valence-electron chi connectivity index (χ0n) is 9.20. The van der Waals surface area contributed by atoms with E-state index >= 15 is 0 Å². The lowest BCUT2D eigenvalue weighted by Crippen LogP contribution is -2.56. The van der Waals surface area contributed by atoms with Crippen LogP contribution in [0.4, 0.5) is 0 Å². The molecule has 2 aliphatic rings. The molecule has 2 atom stereocenters. The maximum absolute atomic E-state index is 11.8. The minimum Gasteiger partial charge on any atom is -0.465 e. The van der Waals surface area contributed by atoms with E-state index in [0.29, 0.717) is 17.1 Å². The van der Waals surface area contributed by atoms with E-state index in [1.807, 2.05) is 18.7 Å². The molecule has 0 amide bonds. The van der Waals surface area contributed by atoms with Crippen LogP contribution in [0.5, 0.6) is 0 Å². The summed E-state index contributed by atoms with van der Waals surface area (Å²) in [5.74, 6) is -0.192. The van der Waals surface area contributed by atoms with Gasteiger partial charge in [-0.2, -0.15) is 11.8 Å². The standard InChI is InChI=1S/C11H19NO2S/c1-2-14-10(13)11(12)6-8-4-3-5-9(7-11)15-8/h8-9H,2-7,12H2,1H3. The van der Waals surface area contributed by atoms with Gasteiger partial charge in [-0.15, -0.1) is 0 Å². The minimum absolute atomic E-state index is 0.192.